The molecule has 0 unspecified atom stereocenters. The lowest BCUT2D eigenvalue weighted by Crippen LogP contribution is -2.47. The van der Waals surface area contributed by atoms with E-state index in [2.05, 4.69) is 0 Å². The van der Waals surface area contributed by atoms with Crippen LogP contribution in [0, 0.1) is 0 Å². The third kappa shape index (κ3) is 7.95. The van der Waals surface area contributed by atoms with Gasteiger partial charge >= 0.3 is 0 Å². The Hall–Kier alpha value is -3.78. The fourth-order valence-corrected chi connectivity index (χ4v) is 6.30. The second-order valence-electron chi connectivity index (χ2n) is 14.1. The normalized spacial score (nSPS) is 12.2. The van der Waals surface area contributed by atoms with Crippen LogP contribution in [-0.2, 0) is 12.8 Å². The molecule has 4 aromatic carbocycles. The van der Waals surface area contributed by atoms with Crippen molar-refractivity contribution in [3.8, 4) is 0 Å². The van der Waals surface area contributed by atoms with E-state index in [0.717, 1.165) is 32.7 Å². The minimum absolute atomic E-state index is 0.130. The van der Waals surface area contributed by atoms with Crippen molar-refractivity contribution in [3.05, 3.63) is 95.1 Å². The highest BCUT2D eigenvalue weighted by Gasteiger charge is 2.31. The van der Waals surface area contributed by atoms with Gasteiger partial charge in [0.15, 0.2) is 0 Å². The van der Waals surface area contributed by atoms with Gasteiger partial charge < -0.3 is 25.1 Å². The van der Waals surface area contributed by atoms with Gasteiger partial charge in [-0.2, -0.15) is 0 Å². The second kappa shape index (κ2) is 14.8. The lowest BCUT2D eigenvalue weighted by Gasteiger charge is -2.36. The summed E-state index contributed by atoms with van der Waals surface area (Å²) in [6.07, 6.45) is 1.24. The number of benzene rings is 4. The van der Waals surface area contributed by atoms with Crippen molar-refractivity contribution in [3.63, 3.8) is 0 Å². The zero-order chi connectivity index (χ0) is 33.6. The first-order chi connectivity index (χ1) is 21.8. The standard InChI is InChI=1S/C39H50N2O5/c1-38(2,3)40(23-25-42)36(45)34-29(17-15-27-11-7-9-13-32(27)34)19-21-31(44)22-20-30-18-16-28-12-8-10-14-33(28)35(30)37(46)41(24-26-43)39(4,5)6/h7-18,31,42-44H,19-26H2,1-6H3. The van der Waals surface area contributed by atoms with E-state index >= 15 is 0 Å². The van der Waals surface area contributed by atoms with Gasteiger partial charge in [-0.15, -0.1) is 0 Å². The number of carbonyl (C=O) groups is 2. The van der Waals surface area contributed by atoms with Crippen LogP contribution >= 0.6 is 0 Å². The summed E-state index contributed by atoms with van der Waals surface area (Å²) < 4.78 is 0. The van der Waals surface area contributed by atoms with Gasteiger partial charge in [-0.05, 0) is 99.9 Å². The minimum Gasteiger partial charge on any atom is -0.395 e. The number of rotatable bonds is 12. The topological polar surface area (TPSA) is 101 Å². The molecule has 0 aliphatic heterocycles. The van der Waals surface area contributed by atoms with Gasteiger partial charge in [0.05, 0.1) is 30.4 Å². The molecule has 0 aromatic heterocycles. The van der Waals surface area contributed by atoms with Crippen molar-refractivity contribution in [1.82, 2.24) is 9.80 Å². The molecule has 0 saturated heterocycles. The summed E-state index contributed by atoms with van der Waals surface area (Å²) in [5, 5.41) is 34.4. The van der Waals surface area contributed by atoms with Crippen LogP contribution in [-0.4, -0.2) is 80.4 Å². The minimum atomic E-state index is -0.656. The van der Waals surface area contributed by atoms with Crippen molar-refractivity contribution in [2.24, 2.45) is 0 Å². The van der Waals surface area contributed by atoms with E-state index in [9.17, 15) is 24.9 Å². The summed E-state index contributed by atoms with van der Waals surface area (Å²) in [4.78, 5) is 31.5. The largest absolute Gasteiger partial charge is 0.395 e. The van der Waals surface area contributed by atoms with Gasteiger partial charge in [-0.3, -0.25) is 9.59 Å². The summed E-state index contributed by atoms with van der Waals surface area (Å²) in [6.45, 7) is 12.0. The van der Waals surface area contributed by atoms with Crippen LogP contribution < -0.4 is 0 Å². The number of β-amino-alcohol motifs (C(OH)–C–C–N with tert-alkyl or cyclic N) is 2. The first kappa shape index (κ1) is 35.1. The smallest absolute Gasteiger partial charge is 0.255 e. The summed E-state index contributed by atoms with van der Waals surface area (Å²) in [5.41, 5.74) is 1.98. The fourth-order valence-electron chi connectivity index (χ4n) is 6.30. The molecule has 3 N–H and O–H groups in total. The number of amides is 2. The third-order valence-electron chi connectivity index (χ3n) is 8.71. The van der Waals surface area contributed by atoms with Crippen molar-refractivity contribution in [2.75, 3.05) is 26.3 Å². The predicted octanol–water partition coefficient (Wildman–Crippen LogP) is 6.39. The van der Waals surface area contributed by atoms with Crippen LogP contribution in [0.3, 0.4) is 0 Å². The molecule has 4 rings (SSSR count). The molecule has 0 heterocycles. The first-order valence-corrected chi connectivity index (χ1v) is 16.3. The van der Waals surface area contributed by atoms with E-state index in [-0.39, 0.29) is 38.1 Å². The molecule has 0 spiro atoms. The van der Waals surface area contributed by atoms with E-state index < -0.39 is 17.2 Å². The lowest BCUT2D eigenvalue weighted by molar-refractivity contribution is 0.0520. The number of hydrogen-bond acceptors (Lipinski definition) is 5. The van der Waals surface area contributed by atoms with Gasteiger partial charge in [0.25, 0.3) is 11.8 Å². The Balaban J connectivity index is 1.60. The first-order valence-electron chi connectivity index (χ1n) is 16.3. The Morgan fingerprint density at radius 1 is 0.609 bits per heavy atom. The van der Waals surface area contributed by atoms with Gasteiger partial charge in [-0.25, -0.2) is 0 Å². The van der Waals surface area contributed by atoms with Crippen LogP contribution in [0.25, 0.3) is 21.5 Å². The molecule has 0 fully saturated rings. The molecule has 246 valence electrons. The monoisotopic (exact) mass is 626 g/mol. The molecule has 46 heavy (non-hydrogen) atoms. The number of aryl methyl sites for hydroxylation is 2. The number of hydrogen-bond donors (Lipinski definition) is 3. The van der Waals surface area contributed by atoms with Crippen molar-refractivity contribution < 1.29 is 24.9 Å². The van der Waals surface area contributed by atoms with Crippen LogP contribution in [0.4, 0.5) is 0 Å². The SMILES string of the molecule is CC(C)(C)N(CCO)C(=O)c1c(CCC(O)CCc2ccc3ccccc3c2C(=O)N(CCO)C(C)(C)C)ccc2ccccc12. The summed E-state index contributed by atoms with van der Waals surface area (Å²) >= 11 is 0. The highest BCUT2D eigenvalue weighted by atomic mass is 16.3. The third-order valence-corrected chi connectivity index (χ3v) is 8.71. The average Bonchev–Trinajstić information content (AvgIpc) is 3.01. The molecule has 7 nitrogen and oxygen atoms in total. The van der Waals surface area contributed by atoms with E-state index in [1.54, 1.807) is 9.80 Å². The van der Waals surface area contributed by atoms with Crippen LogP contribution in [0.2, 0.25) is 0 Å². The molecule has 4 aromatic rings. The summed E-state index contributed by atoms with van der Waals surface area (Å²) in [6, 6.07) is 23.6. The molecule has 0 saturated carbocycles. The maximum atomic E-state index is 14.1. The molecule has 0 radical (unpaired) electrons. The molecule has 0 bridgehead atoms. The quantitative estimate of drug-likeness (QED) is 0.169. The van der Waals surface area contributed by atoms with E-state index in [1.165, 1.54) is 0 Å². The fraction of sp³-hybridized carbons (Fsp3) is 0.436. The van der Waals surface area contributed by atoms with Gasteiger partial charge in [-0.1, -0.05) is 72.8 Å². The van der Waals surface area contributed by atoms with Crippen LogP contribution in [0.15, 0.2) is 72.8 Å². The number of aliphatic hydroxyl groups is 3. The highest BCUT2D eigenvalue weighted by Crippen LogP contribution is 2.30. The zero-order valence-corrected chi connectivity index (χ0v) is 28.2. The van der Waals surface area contributed by atoms with Gasteiger partial charge in [0.1, 0.15) is 0 Å². The zero-order valence-electron chi connectivity index (χ0n) is 28.2. The Kier molecular flexibility index (Phi) is 11.3. The number of fused-ring (bicyclic) bond motifs is 2. The lowest BCUT2D eigenvalue weighted by atomic mass is 9.90. The van der Waals surface area contributed by atoms with E-state index in [0.29, 0.717) is 36.8 Å². The number of carbonyl (C=O) groups excluding carboxylic acids is 2. The molecule has 0 atom stereocenters. The molecule has 0 aliphatic carbocycles. The summed E-state index contributed by atoms with van der Waals surface area (Å²) in [7, 11) is 0. The molecular formula is C39H50N2O5. The predicted molar refractivity (Wildman–Crippen MR) is 186 cm³/mol. The maximum Gasteiger partial charge on any atom is 0.255 e. The van der Waals surface area contributed by atoms with Crippen LogP contribution in [0.5, 0.6) is 0 Å². The number of nitrogens with zero attached hydrogens (tertiary/aromatic N) is 2. The summed E-state index contributed by atoms with van der Waals surface area (Å²) in [5.74, 6) is -0.262. The molecule has 2 amide bonds. The van der Waals surface area contributed by atoms with E-state index in [1.807, 2.05) is 114 Å². The van der Waals surface area contributed by atoms with Gasteiger partial charge in [0.2, 0.25) is 0 Å². The van der Waals surface area contributed by atoms with Gasteiger partial charge in [0, 0.05) is 24.2 Å². The average molecular weight is 627 g/mol. The Bertz CT molecular complexity index is 1540. The Labute approximate surface area is 273 Å². The van der Waals surface area contributed by atoms with Crippen molar-refractivity contribution in [1.29, 1.82) is 0 Å². The number of aliphatic hydroxyl groups excluding tert-OH is 3. The van der Waals surface area contributed by atoms with E-state index in [4.69, 9.17) is 0 Å². The molecular weight excluding hydrogens is 576 g/mol. The maximum absolute atomic E-state index is 14.1. The highest BCUT2D eigenvalue weighted by molar-refractivity contribution is 6.09. The molecule has 0 aliphatic rings. The van der Waals surface area contributed by atoms with Crippen molar-refractivity contribution >= 4 is 33.4 Å². The second-order valence-corrected chi connectivity index (χ2v) is 14.1. The molecule has 7 heteroatoms. The Morgan fingerprint density at radius 2 is 0.978 bits per heavy atom. The van der Waals surface area contributed by atoms with Crippen LogP contribution in [0.1, 0.15) is 86.2 Å². The Morgan fingerprint density at radius 3 is 1.33 bits per heavy atom. The van der Waals surface area contributed by atoms with Crippen molar-refractivity contribution in [2.45, 2.75) is 84.4 Å².